The largest absolute Gasteiger partial charge is 0.481 e. The minimum atomic E-state index is -0.728. The predicted molar refractivity (Wildman–Crippen MR) is 57.9 cm³/mol. The van der Waals surface area contributed by atoms with Crippen LogP contribution in [0.5, 0.6) is 0 Å². The van der Waals surface area contributed by atoms with Gasteiger partial charge in [-0.1, -0.05) is 13.3 Å². The van der Waals surface area contributed by atoms with Gasteiger partial charge in [0.2, 0.25) is 0 Å². The fourth-order valence-corrected chi connectivity index (χ4v) is 1.51. The van der Waals surface area contributed by atoms with Crippen LogP contribution in [0.25, 0.3) is 0 Å². The normalized spacial score (nSPS) is 10.6. The number of aromatic nitrogens is 4. The Morgan fingerprint density at radius 3 is 2.88 bits per heavy atom. The maximum atomic E-state index is 10.3. The van der Waals surface area contributed by atoms with Crippen molar-refractivity contribution in [1.29, 1.82) is 0 Å². The molecule has 6 nitrogen and oxygen atoms in total. The van der Waals surface area contributed by atoms with Gasteiger partial charge < -0.3 is 5.11 Å². The minimum Gasteiger partial charge on any atom is -0.481 e. The molecule has 0 aliphatic rings. The molecule has 90 valence electrons. The molecule has 6 heteroatoms. The first-order chi connectivity index (χ1) is 7.74. The van der Waals surface area contributed by atoms with Crippen molar-refractivity contribution in [2.24, 2.45) is 0 Å². The lowest BCUT2D eigenvalue weighted by atomic mass is 10.2. The summed E-state index contributed by atoms with van der Waals surface area (Å²) < 4.78 is 1.81. The smallest absolute Gasteiger partial charge is 0.303 e. The highest BCUT2D eigenvalue weighted by molar-refractivity contribution is 5.66. The lowest BCUT2D eigenvalue weighted by molar-refractivity contribution is -0.137. The van der Waals surface area contributed by atoms with Gasteiger partial charge in [-0.3, -0.25) is 4.79 Å². The van der Waals surface area contributed by atoms with Gasteiger partial charge in [0.25, 0.3) is 0 Å². The summed E-state index contributed by atoms with van der Waals surface area (Å²) in [5, 5.41) is 20.0. The van der Waals surface area contributed by atoms with Crippen LogP contribution >= 0.6 is 0 Å². The number of hydrogen-bond acceptors (Lipinski definition) is 4. The van der Waals surface area contributed by atoms with Crippen LogP contribution in [0.1, 0.15) is 44.9 Å². The van der Waals surface area contributed by atoms with Crippen LogP contribution in [0.2, 0.25) is 0 Å². The minimum absolute atomic E-state index is 0.247. The third-order valence-corrected chi connectivity index (χ3v) is 2.34. The molecule has 0 amide bonds. The highest BCUT2D eigenvalue weighted by Gasteiger charge is 2.04. The molecule has 1 N–H and O–H groups in total. The quantitative estimate of drug-likeness (QED) is 0.675. The van der Waals surface area contributed by atoms with Crippen LogP contribution in [0, 0.1) is 0 Å². The number of tetrazole rings is 1. The van der Waals surface area contributed by atoms with Gasteiger partial charge in [-0.15, -0.1) is 5.10 Å². The average Bonchev–Trinajstić information content (AvgIpc) is 2.65. The molecule has 0 atom stereocenters. The molecule has 1 aromatic rings. The van der Waals surface area contributed by atoms with Crippen LogP contribution in [-0.4, -0.2) is 31.3 Å². The standard InChI is InChI=1S/C10H18N4O2/c1-2-6-9-11-12-13-14(9)8-5-3-4-7-10(15)16/h2-8H2,1H3,(H,15,16). The first-order valence-corrected chi connectivity index (χ1v) is 5.71. The fraction of sp³-hybridized carbons (Fsp3) is 0.800. The lowest BCUT2D eigenvalue weighted by Crippen LogP contribution is -2.06. The van der Waals surface area contributed by atoms with Gasteiger partial charge in [-0.2, -0.15) is 0 Å². The van der Waals surface area contributed by atoms with Crippen molar-refractivity contribution in [1.82, 2.24) is 20.2 Å². The van der Waals surface area contributed by atoms with Gasteiger partial charge in [0, 0.05) is 19.4 Å². The van der Waals surface area contributed by atoms with Crippen molar-refractivity contribution in [3.63, 3.8) is 0 Å². The first kappa shape index (κ1) is 12.6. The van der Waals surface area contributed by atoms with E-state index in [0.717, 1.165) is 44.5 Å². The summed E-state index contributed by atoms with van der Waals surface area (Å²) in [5.74, 6) is 0.190. The zero-order chi connectivity index (χ0) is 11.8. The Labute approximate surface area is 94.7 Å². The Kier molecular flexibility index (Phi) is 5.45. The summed E-state index contributed by atoms with van der Waals surface area (Å²) in [6.45, 7) is 2.87. The molecule has 0 aliphatic carbocycles. The van der Waals surface area contributed by atoms with Gasteiger partial charge >= 0.3 is 5.97 Å². The van der Waals surface area contributed by atoms with Gasteiger partial charge in [-0.05, 0) is 29.7 Å². The molecule has 0 fully saturated rings. The molecule has 0 aromatic carbocycles. The Morgan fingerprint density at radius 1 is 1.38 bits per heavy atom. The van der Waals surface area contributed by atoms with Crippen LogP contribution in [0.15, 0.2) is 0 Å². The monoisotopic (exact) mass is 226 g/mol. The van der Waals surface area contributed by atoms with Crippen molar-refractivity contribution >= 4 is 5.97 Å². The second kappa shape index (κ2) is 6.92. The van der Waals surface area contributed by atoms with E-state index in [4.69, 9.17) is 5.11 Å². The van der Waals surface area contributed by atoms with Crippen LogP contribution < -0.4 is 0 Å². The third kappa shape index (κ3) is 4.37. The van der Waals surface area contributed by atoms with E-state index < -0.39 is 5.97 Å². The van der Waals surface area contributed by atoms with Gasteiger partial charge in [0.15, 0.2) is 5.82 Å². The molecule has 1 aromatic heterocycles. The summed E-state index contributed by atoms with van der Waals surface area (Å²) in [7, 11) is 0. The number of carboxylic acids is 1. The van der Waals surface area contributed by atoms with E-state index in [9.17, 15) is 4.79 Å². The van der Waals surface area contributed by atoms with E-state index in [-0.39, 0.29) is 6.42 Å². The maximum absolute atomic E-state index is 10.3. The molecule has 0 saturated carbocycles. The molecule has 16 heavy (non-hydrogen) atoms. The topological polar surface area (TPSA) is 80.9 Å². The second-order valence-electron chi connectivity index (χ2n) is 3.77. The predicted octanol–water partition coefficient (Wildman–Crippen LogP) is 1.27. The molecular weight excluding hydrogens is 208 g/mol. The van der Waals surface area contributed by atoms with Gasteiger partial charge in [0.1, 0.15) is 0 Å². The van der Waals surface area contributed by atoms with Crippen molar-refractivity contribution in [2.75, 3.05) is 0 Å². The van der Waals surface area contributed by atoms with E-state index in [2.05, 4.69) is 22.4 Å². The summed E-state index contributed by atoms with van der Waals surface area (Å²) in [5.41, 5.74) is 0. The van der Waals surface area contributed by atoms with Crippen molar-refractivity contribution in [2.45, 2.75) is 52.0 Å². The number of aliphatic carboxylic acids is 1. The van der Waals surface area contributed by atoms with Crippen molar-refractivity contribution < 1.29 is 9.90 Å². The number of rotatable bonds is 8. The molecule has 1 heterocycles. The van der Waals surface area contributed by atoms with E-state index in [0.29, 0.717) is 0 Å². The van der Waals surface area contributed by atoms with Crippen LogP contribution in [-0.2, 0) is 17.8 Å². The summed E-state index contributed by atoms with van der Waals surface area (Å²) in [6, 6.07) is 0. The molecule has 0 bridgehead atoms. The number of unbranched alkanes of at least 4 members (excludes halogenated alkanes) is 2. The maximum Gasteiger partial charge on any atom is 0.303 e. The molecule has 0 spiro atoms. The zero-order valence-corrected chi connectivity index (χ0v) is 9.59. The summed E-state index contributed by atoms with van der Waals surface area (Å²) in [4.78, 5) is 10.3. The molecule has 0 unspecified atom stereocenters. The van der Waals surface area contributed by atoms with Gasteiger partial charge in [-0.25, -0.2) is 4.68 Å². The first-order valence-electron chi connectivity index (χ1n) is 5.71. The van der Waals surface area contributed by atoms with Crippen LogP contribution in [0.3, 0.4) is 0 Å². The molecule has 0 saturated heterocycles. The SMILES string of the molecule is CCCc1nnnn1CCCCCC(=O)O. The lowest BCUT2D eigenvalue weighted by Gasteiger charge is -2.02. The van der Waals surface area contributed by atoms with Gasteiger partial charge in [0.05, 0.1) is 0 Å². The Balaban J connectivity index is 2.21. The Hall–Kier alpha value is -1.46. The molecule has 0 radical (unpaired) electrons. The number of nitrogens with zero attached hydrogens (tertiary/aromatic N) is 4. The van der Waals surface area contributed by atoms with E-state index in [1.807, 2.05) is 4.68 Å². The molecule has 1 rings (SSSR count). The zero-order valence-electron chi connectivity index (χ0n) is 9.59. The Bertz CT molecular complexity index is 324. The number of aryl methyl sites for hydroxylation is 2. The number of carboxylic acid groups (broad SMARTS) is 1. The average molecular weight is 226 g/mol. The Morgan fingerprint density at radius 2 is 2.19 bits per heavy atom. The van der Waals surface area contributed by atoms with E-state index in [1.165, 1.54) is 0 Å². The summed E-state index contributed by atoms with van der Waals surface area (Å²) >= 11 is 0. The summed E-state index contributed by atoms with van der Waals surface area (Å²) in [6.07, 6.45) is 4.71. The number of carbonyl (C=O) groups is 1. The van der Waals surface area contributed by atoms with E-state index >= 15 is 0 Å². The van der Waals surface area contributed by atoms with Crippen LogP contribution in [0.4, 0.5) is 0 Å². The number of hydrogen-bond donors (Lipinski definition) is 1. The second-order valence-corrected chi connectivity index (χ2v) is 3.77. The van der Waals surface area contributed by atoms with Crippen molar-refractivity contribution in [3.8, 4) is 0 Å². The molecular formula is C10H18N4O2. The van der Waals surface area contributed by atoms with E-state index in [1.54, 1.807) is 0 Å². The third-order valence-electron chi connectivity index (χ3n) is 2.34. The fourth-order valence-electron chi connectivity index (χ4n) is 1.51. The highest BCUT2D eigenvalue weighted by Crippen LogP contribution is 2.04. The molecule has 0 aliphatic heterocycles. The highest BCUT2D eigenvalue weighted by atomic mass is 16.4. The van der Waals surface area contributed by atoms with Crippen molar-refractivity contribution in [3.05, 3.63) is 5.82 Å².